The summed E-state index contributed by atoms with van der Waals surface area (Å²) < 4.78 is 0. The van der Waals surface area contributed by atoms with Crippen LogP contribution in [0.5, 0.6) is 0 Å². The molecule has 62 valence electrons. The summed E-state index contributed by atoms with van der Waals surface area (Å²) in [5.74, 6) is 0.437. The number of allylic oxidation sites excluding steroid dienone is 1. The van der Waals surface area contributed by atoms with Gasteiger partial charge in [-0.3, -0.25) is 5.41 Å². The fourth-order valence-corrected chi connectivity index (χ4v) is 0.686. The summed E-state index contributed by atoms with van der Waals surface area (Å²) in [4.78, 5) is 1.71. The smallest absolute Gasteiger partial charge is 0.125 e. The largest absolute Gasteiger partial charge is 0.404 e. The molecule has 11 heavy (non-hydrogen) atoms. The summed E-state index contributed by atoms with van der Waals surface area (Å²) in [5, 5.41) is 7.53. The van der Waals surface area contributed by atoms with Crippen LogP contribution in [0.15, 0.2) is 24.4 Å². The highest BCUT2D eigenvalue weighted by atomic mass is 15.1. The predicted molar refractivity (Wildman–Crippen MR) is 48.5 cm³/mol. The summed E-state index contributed by atoms with van der Waals surface area (Å²) in [6, 6.07) is 0. The van der Waals surface area contributed by atoms with Gasteiger partial charge in [0, 0.05) is 25.9 Å². The maximum absolute atomic E-state index is 7.53. The van der Waals surface area contributed by atoms with Gasteiger partial charge in [-0.25, -0.2) is 0 Å². The number of nitrogens with one attached hydrogen (secondary N) is 1. The van der Waals surface area contributed by atoms with E-state index in [2.05, 4.69) is 6.58 Å². The lowest BCUT2D eigenvalue weighted by Gasteiger charge is -2.14. The molecule has 0 spiro atoms. The van der Waals surface area contributed by atoms with Crippen molar-refractivity contribution in [2.75, 3.05) is 14.1 Å². The minimum absolute atomic E-state index is 0.437. The van der Waals surface area contributed by atoms with Crippen LogP contribution in [0.1, 0.15) is 6.42 Å². The van der Waals surface area contributed by atoms with Crippen LogP contribution >= 0.6 is 0 Å². The van der Waals surface area contributed by atoms with Gasteiger partial charge >= 0.3 is 0 Å². The molecule has 0 radical (unpaired) electrons. The van der Waals surface area contributed by atoms with Gasteiger partial charge in [-0.2, -0.15) is 0 Å². The van der Waals surface area contributed by atoms with E-state index in [-0.39, 0.29) is 0 Å². The SMILES string of the molecule is C=CC/C(=C/N)C(=N)N(C)C. The van der Waals surface area contributed by atoms with Crippen LogP contribution in [0.3, 0.4) is 0 Å². The van der Waals surface area contributed by atoms with Crippen molar-refractivity contribution < 1.29 is 0 Å². The van der Waals surface area contributed by atoms with Crippen molar-refractivity contribution in [3.05, 3.63) is 24.4 Å². The predicted octanol–water partition coefficient (Wildman–Crippen LogP) is 0.944. The fraction of sp³-hybridized carbons (Fsp3) is 0.375. The molecular formula is C8H15N3. The van der Waals surface area contributed by atoms with Crippen molar-refractivity contribution >= 4 is 5.84 Å². The molecule has 0 aliphatic heterocycles. The third kappa shape index (κ3) is 2.89. The van der Waals surface area contributed by atoms with E-state index < -0.39 is 0 Å². The molecule has 0 aromatic rings. The third-order valence-corrected chi connectivity index (χ3v) is 1.32. The lowest BCUT2D eigenvalue weighted by molar-refractivity contribution is 0.615. The van der Waals surface area contributed by atoms with Gasteiger partial charge in [0.2, 0.25) is 0 Å². The van der Waals surface area contributed by atoms with E-state index in [1.54, 1.807) is 11.0 Å². The van der Waals surface area contributed by atoms with E-state index in [0.29, 0.717) is 12.3 Å². The van der Waals surface area contributed by atoms with Crippen molar-refractivity contribution in [2.45, 2.75) is 6.42 Å². The number of amidine groups is 1. The van der Waals surface area contributed by atoms with Gasteiger partial charge in [-0.15, -0.1) is 6.58 Å². The molecule has 0 aromatic carbocycles. The molecule has 0 bridgehead atoms. The maximum Gasteiger partial charge on any atom is 0.125 e. The third-order valence-electron chi connectivity index (χ3n) is 1.32. The quantitative estimate of drug-likeness (QED) is 0.360. The van der Waals surface area contributed by atoms with Crippen molar-refractivity contribution in [1.82, 2.24) is 4.90 Å². The Morgan fingerprint density at radius 2 is 2.18 bits per heavy atom. The van der Waals surface area contributed by atoms with Crippen molar-refractivity contribution in [1.29, 1.82) is 5.41 Å². The first-order chi connectivity index (χ1) is 5.13. The van der Waals surface area contributed by atoms with E-state index >= 15 is 0 Å². The Morgan fingerprint density at radius 1 is 1.64 bits per heavy atom. The van der Waals surface area contributed by atoms with Crippen LogP contribution in [0.25, 0.3) is 0 Å². The Morgan fingerprint density at radius 3 is 2.45 bits per heavy atom. The van der Waals surface area contributed by atoms with Gasteiger partial charge < -0.3 is 10.6 Å². The Bertz CT molecular complexity index is 180. The van der Waals surface area contributed by atoms with Crippen molar-refractivity contribution in [3.63, 3.8) is 0 Å². The first kappa shape index (κ1) is 9.75. The molecular weight excluding hydrogens is 138 g/mol. The van der Waals surface area contributed by atoms with Gasteiger partial charge in [0.25, 0.3) is 0 Å². The fourth-order valence-electron chi connectivity index (χ4n) is 0.686. The van der Waals surface area contributed by atoms with E-state index in [1.165, 1.54) is 6.20 Å². The summed E-state index contributed by atoms with van der Waals surface area (Å²) >= 11 is 0. The van der Waals surface area contributed by atoms with Gasteiger partial charge in [0.15, 0.2) is 0 Å². The number of likely N-dealkylation sites (N-methyl/N-ethyl adjacent to an activating group) is 1. The van der Waals surface area contributed by atoms with Crippen LogP contribution in [0.4, 0.5) is 0 Å². The van der Waals surface area contributed by atoms with E-state index in [0.717, 1.165) is 5.57 Å². The lowest BCUT2D eigenvalue weighted by atomic mass is 10.2. The molecule has 0 saturated carbocycles. The Balaban J connectivity index is 4.27. The van der Waals surface area contributed by atoms with Crippen LogP contribution in [-0.4, -0.2) is 24.8 Å². The molecule has 0 aliphatic carbocycles. The second kappa shape index (κ2) is 4.55. The molecule has 0 amide bonds. The first-order valence-corrected chi connectivity index (χ1v) is 3.41. The average Bonchev–Trinajstić information content (AvgIpc) is 1.98. The van der Waals surface area contributed by atoms with Gasteiger partial charge in [0.05, 0.1) is 0 Å². The standard InChI is InChI=1S/C8H15N3/c1-4-5-7(6-9)8(10)11(2)3/h4,6,10H,1,5,9H2,2-3H3/b7-6-,10-8?. The first-order valence-electron chi connectivity index (χ1n) is 3.41. The number of nitrogens with zero attached hydrogens (tertiary/aromatic N) is 1. The van der Waals surface area contributed by atoms with Gasteiger partial charge in [-0.05, 0) is 6.42 Å². The molecule has 3 heteroatoms. The zero-order valence-corrected chi connectivity index (χ0v) is 7.09. The molecule has 0 atom stereocenters. The molecule has 0 aromatic heterocycles. The van der Waals surface area contributed by atoms with Crippen molar-refractivity contribution in [3.8, 4) is 0 Å². The van der Waals surface area contributed by atoms with Crippen LogP contribution in [-0.2, 0) is 0 Å². The molecule has 3 N–H and O–H groups in total. The molecule has 0 rings (SSSR count). The summed E-state index contributed by atoms with van der Waals surface area (Å²) in [6.45, 7) is 3.58. The van der Waals surface area contributed by atoms with Gasteiger partial charge in [0.1, 0.15) is 5.84 Å². The molecule has 0 unspecified atom stereocenters. The lowest BCUT2D eigenvalue weighted by Crippen LogP contribution is -2.23. The van der Waals surface area contributed by atoms with Crippen molar-refractivity contribution in [2.24, 2.45) is 5.73 Å². The summed E-state index contributed by atoms with van der Waals surface area (Å²) in [6.07, 6.45) is 3.83. The zero-order chi connectivity index (χ0) is 8.85. The number of nitrogens with two attached hydrogens (primary N) is 1. The number of rotatable bonds is 3. The van der Waals surface area contributed by atoms with Crippen LogP contribution in [0, 0.1) is 5.41 Å². The molecule has 0 aliphatic rings. The van der Waals surface area contributed by atoms with E-state index in [9.17, 15) is 0 Å². The monoisotopic (exact) mass is 153 g/mol. The molecule has 0 heterocycles. The molecule has 0 saturated heterocycles. The molecule has 3 nitrogen and oxygen atoms in total. The Hall–Kier alpha value is -1.25. The zero-order valence-electron chi connectivity index (χ0n) is 7.09. The van der Waals surface area contributed by atoms with Crippen LogP contribution < -0.4 is 5.73 Å². The second-order valence-electron chi connectivity index (χ2n) is 2.43. The highest BCUT2D eigenvalue weighted by Crippen LogP contribution is 2.03. The second-order valence-corrected chi connectivity index (χ2v) is 2.43. The Labute approximate surface area is 67.7 Å². The maximum atomic E-state index is 7.53. The summed E-state index contributed by atoms with van der Waals surface area (Å²) in [5.41, 5.74) is 6.12. The van der Waals surface area contributed by atoms with E-state index in [1.807, 2.05) is 14.1 Å². The Kier molecular flexibility index (Phi) is 4.03. The normalized spacial score (nSPS) is 10.9. The minimum Gasteiger partial charge on any atom is -0.404 e. The average molecular weight is 153 g/mol. The highest BCUT2D eigenvalue weighted by molar-refractivity contribution is 5.95. The van der Waals surface area contributed by atoms with E-state index in [4.69, 9.17) is 11.1 Å². The number of hydrogen-bond donors (Lipinski definition) is 2. The number of hydrogen-bond acceptors (Lipinski definition) is 2. The van der Waals surface area contributed by atoms with Crippen LogP contribution in [0.2, 0.25) is 0 Å². The molecule has 0 fully saturated rings. The minimum atomic E-state index is 0.437. The summed E-state index contributed by atoms with van der Waals surface area (Å²) in [7, 11) is 3.63. The van der Waals surface area contributed by atoms with Gasteiger partial charge in [-0.1, -0.05) is 6.08 Å². The topological polar surface area (TPSA) is 53.1 Å². The highest BCUT2D eigenvalue weighted by Gasteiger charge is 2.03.